The van der Waals surface area contributed by atoms with E-state index in [-0.39, 0.29) is 29.3 Å². The van der Waals surface area contributed by atoms with Crippen LogP contribution in [0.1, 0.15) is 67.7 Å². The number of ether oxygens (including phenoxy) is 2. The highest BCUT2D eigenvalue weighted by Crippen LogP contribution is 2.67. The summed E-state index contributed by atoms with van der Waals surface area (Å²) in [7, 11) is -2.17. The minimum absolute atomic E-state index is 0.0162. The third-order valence-electron chi connectivity index (χ3n) is 9.96. The number of Topliss-reactive ketones (excluding diaryl/α,β-unsaturated/α-hetero) is 2. The van der Waals surface area contributed by atoms with Gasteiger partial charge in [0.15, 0.2) is 25.5 Å². The molecule has 0 radical (unpaired) electrons. The first-order valence-corrected chi connectivity index (χ1v) is 15.6. The molecular weight excluding hydrogens is 464 g/mol. The van der Waals surface area contributed by atoms with Crippen molar-refractivity contribution >= 4 is 31.8 Å². The van der Waals surface area contributed by atoms with Crippen molar-refractivity contribution in [3.05, 3.63) is 12.2 Å². The highest BCUT2D eigenvalue weighted by atomic mass is 28.4. The normalized spacial score (nSPS) is 40.5. The maximum absolute atomic E-state index is 14.5. The molecule has 2 saturated carbocycles. The summed E-state index contributed by atoms with van der Waals surface area (Å²) in [4.78, 5) is 53.8. The lowest BCUT2D eigenvalue weighted by Crippen LogP contribution is -2.75. The summed E-state index contributed by atoms with van der Waals surface area (Å²) in [6.45, 7) is 17.4. The molecule has 0 aromatic carbocycles. The zero-order valence-corrected chi connectivity index (χ0v) is 23.6. The average Bonchev–Trinajstić information content (AvgIpc) is 2.73. The van der Waals surface area contributed by atoms with Gasteiger partial charge in [-0.05, 0) is 44.3 Å². The maximum atomic E-state index is 14.5. The number of carbonyl (C=O) groups excluding carboxylic acids is 4. The van der Waals surface area contributed by atoms with Gasteiger partial charge in [0.25, 0.3) is 0 Å². The molecule has 2 bridgehead atoms. The molecule has 1 heterocycles. The third kappa shape index (κ3) is 3.31. The van der Waals surface area contributed by atoms with Crippen LogP contribution in [-0.2, 0) is 33.1 Å². The zero-order valence-electron chi connectivity index (χ0n) is 22.6. The molecule has 1 saturated heterocycles. The molecule has 2 unspecified atom stereocenters. The number of ketones is 2. The number of carbonyl (C=O) groups is 4. The zero-order chi connectivity index (χ0) is 26.4. The first kappa shape index (κ1) is 26.3. The fourth-order valence-corrected chi connectivity index (χ4v) is 8.31. The van der Waals surface area contributed by atoms with E-state index in [1.807, 2.05) is 19.9 Å². The monoisotopic (exact) mass is 504 g/mol. The van der Waals surface area contributed by atoms with Gasteiger partial charge in [0.1, 0.15) is 6.61 Å². The predicted molar refractivity (Wildman–Crippen MR) is 132 cm³/mol. The molecule has 0 amide bonds. The van der Waals surface area contributed by atoms with E-state index in [1.165, 1.54) is 6.92 Å². The van der Waals surface area contributed by atoms with Crippen LogP contribution in [0.5, 0.6) is 0 Å². The van der Waals surface area contributed by atoms with Crippen LogP contribution in [0.4, 0.5) is 0 Å². The Morgan fingerprint density at radius 2 is 1.74 bits per heavy atom. The van der Waals surface area contributed by atoms with Crippen molar-refractivity contribution in [3.63, 3.8) is 0 Å². The number of cyclic esters (lactones) is 1. The van der Waals surface area contributed by atoms with E-state index in [1.54, 1.807) is 13.0 Å². The van der Waals surface area contributed by atoms with Crippen LogP contribution in [0.15, 0.2) is 12.2 Å². The first-order chi connectivity index (χ1) is 15.9. The largest absolute Gasteiger partial charge is 0.464 e. The van der Waals surface area contributed by atoms with Gasteiger partial charge < -0.3 is 13.9 Å². The van der Waals surface area contributed by atoms with Crippen molar-refractivity contribution in [1.82, 2.24) is 0 Å². The summed E-state index contributed by atoms with van der Waals surface area (Å²) in [6, 6.07) is 0. The number of fused-ring (bicyclic) bond motifs is 1. The van der Waals surface area contributed by atoms with Crippen LogP contribution in [0.2, 0.25) is 18.1 Å². The summed E-state index contributed by atoms with van der Waals surface area (Å²) >= 11 is 0. The summed E-state index contributed by atoms with van der Waals surface area (Å²) in [5.41, 5.74) is -4.92. The molecule has 5 rings (SSSR count). The van der Waals surface area contributed by atoms with E-state index >= 15 is 0 Å². The molecular formula is C27H40O7Si. The van der Waals surface area contributed by atoms with E-state index in [0.29, 0.717) is 19.3 Å². The number of hydrogen-bond acceptors (Lipinski definition) is 7. The summed E-state index contributed by atoms with van der Waals surface area (Å²) in [5.74, 6) is -2.67. The first-order valence-electron chi connectivity index (χ1n) is 12.7. The van der Waals surface area contributed by atoms with Gasteiger partial charge in [0.2, 0.25) is 0 Å². The van der Waals surface area contributed by atoms with Crippen LogP contribution in [-0.4, -0.2) is 50.1 Å². The van der Waals surface area contributed by atoms with Gasteiger partial charge in [-0.25, -0.2) is 0 Å². The van der Waals surface area contributed by atoms with Gasteiger partial charge in [-0.1, -0.05) is 46.8 Å². The van der Waals surface area contributed by atoms with Gasteiger partial charge >= 0.3 is 11.9 Å². The third-order valence-corrected chi connectivity index (χ3v) is 14.4. The van der Waals surface area contributed by atoms with Crippen molar-refractivity contribution in [2.75, 3.05) is 6.61 Å². The SMILES string of the molecule is CC(=O)O[C@@]1(C)C(=O)C23C=C[C@H]1C[C@H]2C(=O)OC[C@@]31CCC(O[Si](C)(C)C(C)(C)C)C(C)(C)C1=O. The lowest BCUT2D eigenvalue weighted by atomic mass is 9.39. The molecule has 3 fully saturated rings. The molecule has 0 aromatic rings. The lowest BCUT2D eigenvalue weighted by molar-refractivity contribution is -0.220. The molecule has 194 valence electrons. The Morgan fingerprint density at radius 3 is 2.31 bits per heavy atom. The summed E-state index contributed by atoms with van der Waals surface area (Å²) in [6.07, 6.45) is 4.61. The molecule has 0 N–H and O–H groups in total. The van der Waals surface area contributed by atoms with Gasteiger partial charge in [-0.15, -0.1) is 0 Å². The Bertz CT molecular complexity index is 1020. The fourth-order valence-electron chi connectivity index (χ4n) is 6.84. The maximum Gasteiger partial charge on any atom is 0.310 e. The number of hydrogen-bond donors (Lipinski definition) is 0. The fraction of sp³-hybridized carbons (Fsp3) is 0.778. The highest BCUT2D eigenvalue weighted by Gasteiger charge is 2.77. The molecule has 1 aliphatic heterocycles. The Hall–Kier alpha value is -1.80. The smallest absolute Gasteiger partial charge is 0.310 e. The number of allylic oxidation sites excluding steroid dienone is 1. The standard InChI is InChI=1S/C27H40O7Si/c1-16(28)33-25(7)17-10-13-27(22(25)31)18(14-17)20(29)32-15-26(27)12-11-19(24(5,6)21(26)30)34-35(8,9)23(2,3)4/h10,13,17-19H,11-12,14-15H2,1-9H3/t17-,18-,19?,25+,26+,27?/m0/s1. The molecule has 5 aliphatic rings. The molecule has 7 nitrogen and oxygen atoms in total. The van der Waals surface area contributed by atoms with Gasteiger partial charge in [0.05, 0.1) is 22.9 Å². The second kappa shape index (κ2) is 7.60. The molecule has 35 heavy (non-hydrogen) atoms. The Balaban J connectivity index is 1.81. The van der Waals surface area contributed by atoms with Crippen LogP contribution < -0.4 is 0 Å². The molecule has 0 aromatic heterocycles. The van der Waals surface area contributed by atoms with Crippen molar-refractivity contribution in [2.45, 2.75) is 97.6 Å². The minimum atomic E-state index is -2.17. The predicted octanol–water partition coefficient (Wildman–Crippen LogP) is 4.39. The molecule has 4 aliphatic carbocycles. The van der Waals surface area contributed by atoms with E-state index in [0.717, 1.165) is 0 Å². The molecule has 8 heteroatoms. The van der Waals surface area contributed by atoms with Crippen LogP contribution in [0.25, 0.3) is 0 Å². The quantitative estimate of drug-likeness (QED) is 0.319. The van der Waals surface area contributed by atoms with Crippen LogP contribution in [0, 0.1) is 28.1 Å². The number of esters is 2. The van der Waals surface area contributed by atoms with Crippen molar-refractivity contribution in [1.29, 1.82) is 0 Å². The van der Waals surface area contributed by atoms with Gasteiger partial charge in [-0.3, -0.25) is 19.2 Å². The molecule has 6 atom stereocenters. The highest BCUT2D eigenvalue weighted by molar-refractivity contribution is 6.74. The summed E-state index contributed by atoms with van der Waals surface area (Å²) in [5, 5.41) is -0.0162. The lowest BCUT2D eigenvalue weighted by Gasteiger charge is -2.64. The second-order valence-electron chi connectivity index (χ2n) is 13.3. The van der Waals surface area contributed by atoms with Crippen LogP contribution in [0.3, 0.4) is 0 Å². The van der Waals surface area contributed by atoms with Gasteiger partial charge in [-0.2, -0.15) is 0 Å². The van der Waals surface area contributed by atoms with E-state index < -0.39 is 53.9 Å². The van der Waals surface area contributed by atoms with E-state index in [2.05, 4.69) is 33.9 Å². The number of rotatable bonds is 3. The minimum Gasteiger partial charge on any atom is -0.464 e. The van der Waals surface area contributed by atoms with Crippen molar-refractivity contribution in [2.24, 2.45) is 28.1 Å². The molecule has 2 spiro atoms. The Kier molecular flexibility index (Phi) is 5.71. The van der Waals surface area contributed by atoms with Crippen LogP contribution >= 0.6 is 0 Å². The van der Waals surface area contributed by atoms with Crippen molar-refractivity contribution in [3.8, 4) is 0 Å². The van der Waals surface area contributed by atoms with E-state index in [4.69, 9.17) is 13.9 Å². The second-order valence-corrected chi connectivity index (χ2v) is 18.1. The average molecular weight is 505 g/mol. The van der Waals surface area contributed by atoms with Gasteiger partial charge in [0, 0.05) is 18.3 Å². The topological polar surface area (TPSA) is 96.0 Å². The Labute approximate surface area is 209 Å². The summed E-state index contributed by atoms with van der Waals surface area (Å²) < 4.78 is 18.0. The van der Waals surface area contributed by atoms with E-state index in [9.17, 15) is 19.2 Å². The van der Waals surface area contributed by atoms with Crippen molar-refractivity contribution < 1.29 is 33.1 Å². The Morgan fingerprint density at radius 1 is 1.11 bits per heavy atom.